The summed E-state index contributed by atoms with van der Waals surface area (Å²) in [5, 5.41) is 0. The van der Waals surface area contributed by atoms with Gasteiger partial charge >= 0.3 is 0 Å². The molecule has 0 amide bonds. The minimum Gasteiger partial charge on any atom is -0.434 e. The van der Waals surface area contributed by atoms with Gasteiger partial charge in [0.25, 0.3) is 4.84 Å². The molecule has 0 spiro atoms. The first-order chi connectivity index (χ1) is 7.09. The first kappa shape index (κ1) is 10.2. The molecule has 0 unspecified atom stereocenters. The van der Waals surface area contributed by atoms with E-state index < -0.39 is 0 Å². The molecule has 2 aromatic rings. The first-order valence-corrected chi connectivity index (χ1v) is 5.26. The highest BCUT2D eigenvalue weighted by Gasteiger charge is 2.07. The maximum Gasteiger partial charge on any atom is 0.273 e. The van der Waals surface area contributed by atoms with Crippen LogP contribution in [0.25, 0.3) is 5.69 Å². The lowest BCUT2D eigenvalue weighted by Crippen LogP contribution is -1.96. The van der Waals surface area contributed by atoms with Gasteiger partial charge in [0.15, 0.2) is 0 Å². The van der Waals surface area contributed by atoms with Gasteiger partial charge in [0, 0.05) is 5.69 Å². The van der Waals surface area contributed by atoms with E-state index in [0.29, 0.717) is 4.84 Å². The number of oxazole rings is 1. The Hall–Kier alpha value is -1.35. The molecular formula is C12H13NOS. The molecule has 0 aliphatic heterocycles. The molecule has 0 fully saturated rings. The van der Waals surface area contributed by atoms with Crippen molar-refractivity contribution in [2.75, 3.05) is 0 Å². The van der Waals surface area contributed by atoms with E-state index in [4.69, 9.17) is 16.6 Å². The molecule has 0 aliphatic carbocycles. The summed E-state index contributed by atoms with van der Waals surface area (Å²) in [5.74, 6) is 0.876. The lowest BCUT2D eigenvalue weighted by atomic mass is 10.2. The Morgan fingerprint density at radius 3 is 2.13 bits per heavy atom. The van der Waals surface area contributed by atoms with Crippen molar-refractivity contribution in [1.29, 1.82) is 0 Å². The van der Waals surface area contributed by atoms with Crippen LogP contribution in [0.4, 0.5) is 0 Å². The second kappa shape index (κ2) is 3.66. The molecule has 3 heteroatoms. The lowest BCUT2D eigenvalue weighted by molar-refractivity contribution is 0.503. The van der Waals surface area contributed by atoms with Crippen molar-refractivity contribution in [3.05, 3.63) is 46.1 Å². The SMILES string of the molecule is Cc1ccc(-n2c(C)c(C)oc2=S)cc1. The quantitative estimate of drug-likeness (QED) is 0.680. The molecule has 0 aliphatic rings. The molecular weight excluding hydrogens is 206 g/mol. The van der Waals surface area contributed by atoms with Crippen LogP contribution in [0, 0.1) is 25.6 Å². The van der Waals surface area contributed by atoms with Crippen LogP contribution < -0.4 is 0 Å². The summed E-state index contributed by atoms with van der Waals surface area (Å²) in [5.41, 5.74) is 3.35. The van der Waals surface area contributed by atoms with E-state index in [1.165, 1.54) is 5.56 Å². The van der Waals surface area contributed by atoms with Crippen LogP contribution in [0.15, 0.2) is 28.7 Å². The average molecular weight is 219 g/mol. The molecule has 15 heavy (non-hydrogen) atoms. The van der Waals surface area contributed by atoms with Crippen molar-refractivity contribution >= 4 is 12.2 Å². The van der Waals surface area contributed by atoms with Gasteiger partial charge in [0.05, 0.1) is 5.69 Å². The Morgan fingerprint density at radius 1 is 1.07 bits per heavy atom. The number of rotatable bonds is 1. The van der Waals surface area contributed by atoms with E-state index in [1.54, 1.807) is 0 Å². The van der Waals surface area contributed by atoms with Gasteiger partial charge in [-0.15, -0.1) is 0 Å². The van der Waals surface area contributed by atoms with E-state index >= 15 is 0 Å². The van der Waals surface area contributed by atoms with Gasteiger partial charge in [0.2, 0.25) is 0 Å². The fourth-order valence-electron chi connectivity index (χ4n) is 1.54. The molecule has 78 valence electrons. The third-order valence-electron chi connectivity index (χ3n) is 2.56. The molecule has 0 saturated heterocycles. The highest BCUT2D eigenvalue weighted by Crippen LogP contribution is 2.17. The van der Waals surface area contributed by atoms with Crippen LogP contribution >= 0.6 is 12.2 Å². The summed E-state index contributed by atoms with van der Waals surface area (Å²) in [6, 6.07) is 8.23. The van der Waals surface area contributed by atoms with Crippen LogP contribution in [-0.2, 0) is 0 Å². The van der Waals surface area contributed by atoms with Crippen molar-refractivity contribution in [1.82, 2.24) is 4.57 Å². The van der Waals surface area contributed by atoms with Gasteiger partial charge in [-0.05, 0) is 45.1 Å². The summed E-state index contributed by atoms with van der Waals surface area (Å²) in [6.45, 7) is 6.00. The van der Waals surface area contributed by atoms with Gasteiger partial charge in [-0.3, -0.25) is 4.57 Å². The van der Waals surface area contributed by atoms with Gasteiger partial charge in [-0.2, -0.15) is 0 Å². The number of aryl methyl sites for hydroxylation is 2. The largest absolute Gasteiger partial charge is 0.434 e. The van der Waals surface area contributed by atoms with Crippen LogP contribution in [0.5, 0.6) is 0 Å². The van der Waals surface area contributed by atoms with E-state index in [2.05, 4.69) is 19.1 Å². The lowest BCUT2D eigenvalue weighted by Gasteiger charge is -2.04. The molecule has 2 rings (SSSR count). The highest BCUT2D eigenvalue weighted by atomic mass is 32.1. The van der Waals surface area contributed by atoms with E-state index in [-0.39, 0.29) is 0 Å². The number of nitrogens with zero attached hydrogens (tertiary/aromatic N) is 1. The first-order valence-electron chi connectivity index (χ1n) is 4.85. The zero-order valence-electron chi connectivity index (χ0n) is 9.07. The molecule has 0 atom stereocenters. The molecule has 1 heterocycles. The van der Waals surface area contributed by atoms with E-state index in [0.717, 1.165) is 17.1 Å². The number of aromatic nitrogens is 1. The van der Waals surface area contributed by atoms with Crippen molar-refractivity contribution < 1.29 is 4.42 Å². The monoisotopic (exact) mass is 219 g/mol. The zero-order chi connectivity index (χ0) is 11.0. The van der Waals surface area contributed by atoms with Crippen LogP contribution in [0.2, 0.25) is 0 Å². The summed E-state index contributed by atoms with van der Waals surface area (Å²) in [4.78, 5) is 0.508. The van der Waals surface area contributed by atoms with Gasteiger partial charge in [0.1, 0.15) is 5.76 Å². The Labute approximate surface area is 94.2 Å². The number of hydrogen-bond acceptors (Lipinski definition) is 2. The van der Waals surface area contributed by atoms with Gasteiger partial charge < -0.3 is 4.42 Å². The molecule has 1 aromatic carbocycles. The molecule has 1 aromatic heterocycles. The van der Waals surface area contributed by atoms with Crippen molar-refractivity contribution in [2.24, 2.45) is 0 Å². The summed E-state index contributed by atoms with van der Waals surface area (Å²) < 4.78 is 7.36. The Morgan fingerprint density at radius 2 is 1.67 bits per heavy atom. The van der Waals surface area contributed by atoms with Crippen molar-refractivity contribution in [2.45, 2.75) is 20.8 Å². The predicted octanol–water partition coefficient (Wildman–Crippen LogP) is 3.73. The number of hydrogen-bond donors (Lipinski definition) is 0. The standard InChI is InChI=1S/C12H13NOS/c1-8-4-6-11(7-5-8)13-9(2)10(3)14-12(13)15/h4-7H,1-3H3. The van der Waals surface area contributed by atoms with Crippen LogP contribution in [-0.4, -0.2) is 4.57 Å². The fourth-order valence-corrected chi connectivity index (χ4v) is 1.91. The minimum atomic E-state index is 0.508. The van der Waals surface area contributed by atoms with Crippen LogP contribution in [0.1, 0.15) is 17.0 Å². The smallest absolute Gasteiger partial charge is 0.273 e. The number of benzene rings is 1. The Bertz CT molecular complexity index is 534. The van der Waals surface area contributed by atoms with Gasteiger partial charge in [-0.1, -0.05) is 17.7 Å². The second-order valence-corrected chi connectivity index (χ2v) is 4.03. The fraction of sp³-hybridized carbons (Fsp3) is 0.250. The molecule has 0 radical (unpaired) electrons. The van der Waals surface area contributed by atoms with E-state index in [9.17, 15) is 0 Å². The van der Waals surface area contributed by atoms with Crippen molar-refractivity contribution in [3.8, 4) is 5.69 Å². The average Bonchev–Trinajstić information content (AvgIpc) is 2.44. The summed E-state index contributed by atoms with van der Waals surface area (Å²) >= 11 is 5.17. The molecule has 0 saturated carbocycles. The summed E-state index contributed by atoms with van der Waals surface area (Å²) in [6.07, 6.45) is 0. The normalized spacial score (nSPS) is 10.6. The zero-order valence-corrected chi connectivity index (χ0v) is 9.89. The molecule has 2 nitrogen and oxygen atoms in total. The van der Waals surface area contributed by atoms with Crippen molar-refractivity contribution in [3.63, 3.8) is 0 Å². The second-order valence-electron chi connectivity index (χ2n) is 3.68. The minimum absolute atomic E-state index is 0.508. The topological polar surface area (TPSA) is 18.1 Å². The third kappa shape index (κ3) is 1.75. The Kier molecular flexibility index (Phi) is 2.49. The maximum absolute atomic E-state index is 5.41. The molecule has 0 bridgehead atoms. The summed E-state index contributed by atoms with van der Waals surface area (Å²) in [7, 11) is 0. The van der Waals surface area contributed by atoms with Gasteiger partial charge in [-0.25, -0.2) is 0 Å². The highest BCUT2D eigenvalue weighted by molar-refractivity contribution is 7.71. The predicted molar refractivity (Wildman–Crippen MR) is 63.1 cm³/mol. The third-order valence-corrected chi connectivity index (χ3v) is 2.83. The maximum atomic E-state index is 5.41. The van der Waals surface area contributed by atoms with Crippen LogP contribution in [0.3, 0.4) is 0 Å². The Balaban J connectivity index is 2.64. The van der Waals surface area contributed by atoms with E-state index in [1.807, 2.05) is 30.5 Å². The molecule has 0 N–H and O–H groups in total.